The summed E-state index contributed by atoms with van der Waals surface area (Å²) >= 11 is 6.39. The number of benzene rings is 1. The molecule has 1 aromatic rings. The third kappa shape index (κ3) is 1.62. The third-order valence-electron chi connectivity index (χ3n) is 3.34. The van der Waals surface area contributed by atoms with E-state index in [9.17, 15) is 0 Å². The van der Waals surface area contributed by atoms with Crippen molar-refractivity contribution in [2.24, 2.45) is 11.7 Å². The number of nitrogens with one attached hydrogen (secondary N) is 1. The van der Waals surface area contributed by atoms with E-state index >= 15 is 0 Å². The lowest BCUT2D eigenvalue weighted by Crippen LogP contribution is -2.11. The molecule has 1 aromatic carbocycles. The Kier molecular flexibility index (Phi) is 2.15. The first-order valence-electron chi connectivity index (χ1n) is 5.53. The van der Waals surface area contributed by atoms with Gasteiger partial charge in [-0.1, -0.05) is 12.1 Å². The fraction of sp³-hybridized carbons (Fsp3) is 0.500. The predicted molar refractivity (Wildman–Crippen MR) is 63.2 cm³/mol. The molecule has 80 valence electrons. The highest BCUT2D eigenvalue weighted by molar-refractivity contribution is 6.21. The summed E-state index contributed by atoms with van der Waals surface area (Å²) in [5.41, 5.74) is 9.63. The van der Waals surface area contributed by atoms with Gasteiger partial charge in [-0.3, -0.25) is 0 Å². The smallest absolute Gasteiger partial charge is 0.0613 e. The maximum atomic E-state index is 6.39. The van der Waals surface area contributed by atoms with E-state index in [0.29, 0.717) is 5.92 Å². The minimum atomic E-state index is 0.128. The number of hydrogen-bond donors (Lipinski definition) is 2. The summed E-state index contributed by atoms with van der Waals surface area (Å²) in [6.07, 6.45) is 2.55. The molecule has 1 saturated carbocycles. The average molecular weight is 223 g/mol. The maximum Gasteiger partial charge on any atom is 0.0613 e. The fourth-order valence-electron chi connectivity index (χ4n) is 2.21. The van der Waals surface area contributed by atoms with E-state index in [-0.39, 0.29) is 11.4 Å². The van der Waals surface area contributed by atoms with Crippen LogP contribution in [0.4, 0.5) is 5.69 Å². The standard InChI is InChI=1S/C12H15ClN2/c13-12(7-1-2-7)8-3-4-11-9(5-8)10(14)6-15-11/h3-5,7,10,12,15H,1-2,6,14H2/t10-,12-/m1/s1. The van der Waals surface area contributed by atoms with Gasteiger partial charge in [0.1, 0.15) is 0 Å². The van der Waals surface area contributed by atoms with Gasteiger partial charge in [0.15, 0.2) is 0 Å². The summed E-state index contributed by atoms with van der Waals surface area (Å²) < 4.78 is 0. The van der Waals surface area contributed by atoms with E-state index in [4.69, 9.17) is 17.3 Å². The highest BCUT2D eigenvalue weighted by atomic mass is 35.5. The molecule has 0 saturated heterocycles. The minimum absolute atomic E-state index is 0.128. The SMILES string of the molecule is N[C@@H]1CNc2ccc([C@H](Cl)C3CC3)cc21. The number of hydrogen-bond acceptors (Lipinski definition) is 2. The molecule has 0 amide bonds. The van der Waals surface area contributed by atoms with Gasteiger partial charge in [-0.15, -0.1) is 11.6 Å². The average Bonchev–Trinajstić information content (AvgIpc) is 3.04. The van der Waals surface area contributed by atoms with Gasteiger partial charge in [0, 0.05) is 18.3 Å². The van der Waals surface area contributed by atoms with Crippen LogP contribution in [0.1, 0.15) is 35.4 Å². The summed E-state index contributed by atoms with van der Waals surface area (Å²) in [7, 11) is 0. The van der Waals surface area contributed by atoms with Crippen LogP contribution in [0.25, 0.3) is 0 Å². The topological polar surface area (TPSA) is 38.0 Å². The van der Waals surface area contributed by atoms with Gasteiger partial charge >= 0.3 is 0 Å². The van der Waals surface area contributed by atoms with Crippen LogP contribution >= 0.6 is 11.6 Å². The zero-order valence-electron chi connectivity index (χ0n) is 8.54. The van der Waals surface area contributed by atoms with Gasteiger partial charge in [0.25, 0.3) is 0 Å². The lowest BCUT2D eigenvalue weighted by molar-refractivity contribution is 0.782. The first-order valence-corrected chi connectivity index (χ1v) is 5.97. The van der Waals surface area contributed by atoms with Crippen LogP contribution < -0.4 is 11.1 Å². The molecule has 3 rings (SSSR count). The molecule has 0 radical (unpaired) electrons. The molecule has 1 fully saturated rings. The van der Waals surface area contributed by atoms with Crippen LogP contribution in [-0.2, 0) is 0 Å². The van der Waals surface area contributed by atoms with Crippen molar-refractivity contribution in [1.82, 2.24) is 0 Å². The fourth-order valence-corrected chi connectivity index (χ4v) is 2.60. The number of rotatable bonds is 2. The lowest BCUT2D eigenvalue weighted by Gasteiger charge is -2.11. The van der Waals surface area contributed by atoms with E-state index in [0.717, 1.165) is 6.54 Å². The summed E-state index contributed by atoms with van der Waals surface area (Å²) in [5, 5.41) is 3.48. The van der Waals surface area contributed by atoms with E-state index in [2.05, 4.69) is 23.5 Å². The quantitative estimate of drug-likeness (QED) is 0.756. The molecule has 15 heavy (non-hydrogen) atoms. The summed E-state index contributed by atoms with van der Waals surface area (Å²) in [5.74, 6) is 0.690. The van der Waals surface area contributed by atoms with Gasteiger partial charge in [0.05, 0.1) is 5.38 Å². The normalized spacial score (nSPS) is 25.9. The molecule has 0 spiro atoms. The van der Waals surface area contributed by atoms with Crippen molar-refractivity contribution in [2.75, 3.05) is 11.9 Å². The second kappa shape index (κ2) is 3.39. The molecule has 1 aliphatic carbocycles. The molecule has 0 aromatic heterocycles. The number of nitrogens with two attached hydrogens (primary N) is 1. The molecule has 3 heteroatoms. The van der Waals surface area contributed by atoms with Crippen molar-refractivity contribution in [1.29, 1.82) is 0 Å². The van der Waals surface area contributed by atoms with Crippen molar-refractivity contribution >= 4 is 17.3 Å². The molecule has 2 nitrogen and oxygen atoms in total. The van der Waals surface area contributed by atoms with Crippen LogP contribution in [-0.4, -0.2) is 6.54 Å². The number of halogens is 1. The molecule has 3 N–H and O–H groups in total. The molecule has 2 atom stereocenters. The Bertz CT molecular complexity index is 387. The number of fused-ring (bicyclic) bond motifs is 1. The highest BCUT2D eigenvalue weighted by Gasteiger charge is 2.31. The van der Waals surface area contributed by atoms with Crippen molar-refractivity contribution < 1.29 is 0 Å². The largest absolute Gasteiger partial charge is 0.383 e. The van der Waals surface area contributed by atoms with Crippen molar-refractivity contribution in [3.8, 4) is 0 Å². The van der Waals surface area contributed by atoms with Crippen LogP contribution in [0.2, 0.25) is 0 Å². The minimum Gasteiger partial charge on any atom is -0.383 e. The van der Waals surface area contributed by atoms with Gasteiger partial charge in [-0.05, 0) is 36.0 Å². The maximum absolute atomic E-state index is 6.39. The number of alkyl halides is 1. The Hall–Kier alpha value is -0.730. The van der Waals surface area contributed by atoms with E-state index < -0.39 is 0 Å². The second-order valence-electron chi connectivity index (χ2n) is 4.57. The molecule has 0 unspecified atom stereocenters. The molecular formula is C12H15ClN2. The van der Waals surface area contributed by atoms with Gasteiger partial charge in [-0.25, -0.2) is 0 Å². The Balaban J connectivity index is 1.93. The predicted octanol–water partition coefficient (Wildman–Crippen LogP) is 2.80. The van der Waals surface area contributed by atoms with Gasteiger partial charge in [-0.2, -0.15) is 0 Å². The first kappa shape index (κ1) is 9.49. The molecular weight excluding hydrogens is 208 g/mol. The zero-order chi connectivity index (χ0) is 10.4. The Morgan fingerprint density at radius 2 is 2.20 bits per heavy atom. The summed E-state index contributed by atoms with van der Waals surface area (Å²) in [6, 6.07) is 6.54. The summed E-state index contributed by atoms with van der Waals surface area (Å²) in [6.45, 7) is 0.842. The summed E-state index contributed by atoms with van der Waals surface area (Å²) in [4.78, 5) is 0. The molecule has 2 aliphatic rings. The molecule has 1 heterocycles. The molecule has 1 aliphatic heterocycles. The van der Waals surface area contributed by atoms with Crippen molar-refractivity contribution in [3.05, 3.63) is 29.3 Å². The van der Waals surface area contributed by atoms with Crippen LogP contribution in [0.5, 0.6) is 0 Å². The zero-order valence-corrected chi connectivity index (χ0v) is 9.30. The van der Waals surface area contributed by atoms with Crippen LogP contribution in [0.3, 0.4) is 0 Å². The second-order valence-corrected chi connectivity index (χ2v) is 5.04. The first-order chi connectivity index (χ1) is 7.25. The van der Waals surface area contributed by atoms with Gasteiger partial charge < -0.3 is 11.1 Å². The van der Waals surface area contributed by atoms with E-state index in [1.54, 1.807) is 0 Å². The number of anilines is 1. The monoisotopic (exact) mass is 222 g/mol. The molecule has 0 bridgehead atoms. The lowest BCUT2D eigenvalue weighted by atomic mass is 10.0. The Morgan fingerprint density at radius 3 is 2.93 bits per heavy atom. The van der Waals surface area contributed by atoms with Crippen LogP contribution in [0, 0.1) is 5.92 Å². The van der Waals surface area contributed by atoms with E-state index in [1.807, 2.05) is 0 Å². The Morgan fingerprint density at radius 1 is 1.40 bits per heavy atom. The van der Waals surface area contributed by atoms with E-state index in [1.165, 1.54) is 29.7 Å². The highest BCUT2D eigenvalue weighted by Crippen LogP contribution is 2.46. The van der Waals surface area contributed by atoms with Crippen molar-refractivity contribution in [3.63, 3.8) is 0 Å². The van der Waals surface area contributed by atoms with Crippen molar-refractivity contribution in [2.45, 2.75) is 24.3 Å². The van der Waals surface area contributed by atoms with Gasteiger partial charge in [0.2, 0.25) is 0 Å². The third-order valence-corrected chi connectivity index (χ3v) is 3.95. The van der Waals surface area contributed by atoms with Crippen LogP contribution in [0.15, 0.2) is 18.2 Å². The Labute approximate surface area is 94.8 Å².